The second kappa shape index (κ2) is 8.11. The first-order valence-electron chi connectivity index (χ1n) is 7.10. The Morgan fingerprint density at radius 2 is 1.69 bits per heavy atom. The highest BCUT2D eigenvalue weighted by Gasteiger charge is 2.13. The smallest absolute Gasteiger partial charge is 0.00900 e. The number of hydrogen-bond acceptors (Lipinski definition) is 1. The Hall–Kier alpha value is -0.0400. The van der Waals surface area contributed by atoms with Crippen molar-refractivity contribution in [3.05, 3.63) is 0 Å². The molecule has 1 N–H and O–H groups in total. The van der Waals surface area contributed by atoms with Gasteiger partial charge in [0, 0.05) is 6.04 Å². The van der Waals surface area contributed by atoms with Gasteiger partial charge >= 0.3 is 0 Å². The van der Waals surface area contributed by atoms with Gasteiger partial charge in [-0.3, -0.25) is 0 Å². The molecule has 1 nitrogen and oxygen atoms in total. The summed E-state index contributed by atoms with van der Waals surface area (Å²) in [5.74, 6) is 0.765. The van der Waals surface area contributed by atoms with Gasteiger partial charge in [-0.1, -0.05) is 54.4 Å². The molecule has 0 saturated carbocycles. The van der Waals surface area contributed by atoms with E-state index in [0.29, 0.717) is 5.41 Å². The molecule has 0 aliphatic rings. The number of unbranched alkanes of at least 4 members (excludes halogenated alkanes) is 1. The number of nitrogens with one attached hydrogen (secondary N) is 1. The van der Waals surface area contributed by atoms with Gasteiger partial charge in [0.1, 0.15) is 0 Å². The minimum atomic E-state index is 0.504. The lowest BCUT2D eigenvalue weighted by Crippen LogP contribution is -2.34. The highest BCUT2D eigenvalue weighted by atomic mass is 14.9. The molecule has 0 spiro atoms. The second-order valence-electron chi connectivity index (χ2n) is 6.61. The third-order valence-corrected chi connectivity index (χ3v) is 3.15. The van der Waals surface area contributed by atoms with Crippen LogP contribution in [0.25, 0.3) is 0 Å². The standard InChI is InChI=1S/C15H33N/c1-7-12-16-14(13(2)3)10-8-9-11-15(4,5)6/h13-14,16H,7-12H2,1-6H3. The molecule has 0 heterocycles. The molecule has 0 radical (unpaired) electrons. The largest absolute Gasteiger partial charge is 0.314 e. The van der Waals surface area contributed by atoms with E-state index in [1.165, 1.54) is 38.6 Å². The van der Waals surface area contributed by atoms with E-state index in [1.807, 2.05) is 0 Å². The lowest BCUT2D eigenvalue weighted by atomic mass is 9.88. The van der Waals surface area contributed by atoms with Crippen LogP contribution in [0.4, 0.5) is 0 Å². The van der Waals surface area contributed by atoms with E-state index in [4.69, 9.17) is 0 Å². The molecule has 16 heavy (non-hydrogen) atoms. The Labute approximate surface area is 103 Å². The van der Waals surface area contributed by atoms with E-state index in [-0.39, 0.29) is 0 Å². The van der Waals surface area contributed by atoms with Crippen molar-refractivity contribution in [1.29, 1.82) is 0 Å². The van der Waals surface area contributed by atoms with Gasteiger partial charge in [0.25, 0.3) is 0 Å². The average Bonchev–Trinajstić information content (AvgIpc) is 2.14. The Bertz CT molecular complexity index is 155. The molecular formula is C15H33N. The monoisotopic (exact) mass is 227 g/mol. The van der Waals surface area contributed by atoms with E-state index in [1.54, 1.807) is 0 Å². The molecule has 0 rings (SSSR count). The van der Waals surface area contributed by atoms with Gasteiger partial charge in [0.05, 0.1) is 0 Å². The first-order valence-corrected chi connectivity index (χ1v) is 7.10. The van der Waals surface area contributed by atoms with Crippen LogP contribution in [0.3, 0.4) is 0 Å². The topological polar surface area (TPSA) is 12.0 Å². The van der Waals surface area contributed by atoms with E-state index < -0.39 is 0 Å². The molecule has 1 unspecified atom stereocenters. The van der Waals surface area contributed by atoms with Crippen LogP contribution in [-0.4, -0.2) is 12.6 Å². The van der Waals surface area contributed by atoms with E-state index in [2.05, 4.69) is 46.9 Å². The molecule has 0 bridgehead atoms. The molecule has 0 aromatic rings. The summed E-state index contributed by atoms with van der Waals surface area (Å²) in [6.07, 6.45) is 6.68. The molecule has 0 aromatic heterocycles. The van der Waals surface area contributed by atoms with Crippen molar-refractivity contribution in [2.24, 2.45) is 11.3 Å². The van der Waals surface area contributed by atoms with Crippen LogP contribution in [0, 0.1) is 11.3 Å². The molecular weight excluding hydrogens is 194 g/mol. The molecule has 98 valence electrons. The van der Waals surface area contributed by atoms with Crippen molar-refractivity contribution in [3.63, 3.8) is 0 Å². The lowest BCUT2D eigenvalue weighted by Gasteiger charge is -2.23. The molecule has 1 atom stereocenters. The van der Waals surface area contributed by atoms with Crippen molar-refractivity contribution in [2.75, 3.05) is 6.54 Å². The SMILES string of the molecule is CCCNC(CCCCC(C)(C)C)C(C)C. The van der Waals surface area contributed by atoms with Crippen LogP contribution >= 0.6 is 0 Å². The molecule has 0 fully saturated rings. The Kier molecular flexibility index (Phi) is 8.09. The van der Waals surface area contributed by atoms with Crippen molar-refractivity contribution in [3.8, 4) is 0 Å². The van der Waals surface area contributed by atoms with Gasteiger partial charge in [-0.15, -0.1) is 0 Å². The van der Waals surface area contributed by atoms with Crippen molar-refractivity contribution in [1.82, 2.24) is 5.32 Å². The molecule has 0 aliphatic heterocycles. The first-order chi connectivity index (χ1) is 7.37. The summed E-state index contributed by atoms with van der Waals surface area (Å²) in [4.78, 5) is 0. The molecule has 1 heteroatoms. The summed E-state index contributed by atoms with van der Waals surface area (Å²) in [6, 6.07) is 0.722. The lowest BCUT2D eigenvalue weighted by molar-refractivity contribution is 0.329. The fraction of sp³-hybridized carbons (Fsp3) is 1.00. The van der Waals surface area contributed by atoms with Crippen LogP contribution in [0.2, 0.25) is 0 Å². The van der Waals surface area contributed by atoms with Gasteiger partial charge < -0.3 is 5.32 Å². The Morgan fingerprint density at radius 1 is 1.06 bits per heavy atom. The predicted molar refractivity (Wildman–Crippen MR) is 74.8 cm³/mol. The van der Waals surface area contributed by atoms with Crippen LogP contribution in [0.1, 0.15) is 73.6 Å². The zero-order valence-corrected chi connectivity index (χ0v) is 12.4. The summed E-state index contributed by atoms with van der Waals surface area (Å²) < 4.78 is 0. The normalized spacial score (nSPS) is 14.4. The number of rotatable bonds is 8. The fourth-order valence-corrected chi connectivity index (χ4v) is 2.02. The minimum absolute atomic E-state index is 0.504. The second-order valence-corrected chi connectivity index (χ2v) is 6.61. The van der Waals surface area contributed by atoms with E-state index in [0.717, 1.165) is 12.0 Å². The maximum atomic E-state index is 3.67. The fourth-order valence-electron chi connectivity index (χ4n) is 2.02. The molecule has 0 amide bonds. The zero-order chi connectivity index (χ0) is 12.6. The summed E-state index contributed by atoms with van der Waals surface area (Å²) in [7, 11) is 0. The first kappa shape index (κ1) is 16.0. The van der Waals surface area contributed by atoms with Crippen LogP contribution in [0.5, 0.6) is 0 Å². The van der Waals surface area contributed by atoms with Gasteiger partial charge in [-0.25, -0.2) is 0 Å². The Morgan fingerprint density at radius 3 is 2.12 bits per heavy atom. The van der Waals surface area contributed by atoms with Crippen LogP contribution in [0.15, 0.2) is 0 Å². The quantitative estimate of drug-likeness (QED) is 0.597. The van der Waals surface area contributed by atoms with Gasteiger partial charge in [0.15, 0.2) is 0 Å². The van der Waals surface area contributed by atoms with E-state index >= 15 is 0 Å². The summed E-state index contributed by atoms with van der Waals surface area (Å²) in [5, 5.41) is 3.67. The third kappa shape index (κ3) is 9.21. The van der Waals surface area contributed by atoms with Crippen molar-refractivity contribution in [2.45, 2.75) is 79.7 Å². The van der Waals surface area contributed by atoms with E-state index in [9.17, 15) is 0 Å². The zero-order valence-electron chi connectivity index (χ0n) is 12.4. The minimum Gasteiger partial charge on any atom is -0.314 e. The van der Waals surface area contributed by atoms with Crippen molar-refractivity contribution >= 4 is 0 Å². The van der Waals surface area contributed by atoms with Gasteiger partial charge in [-0.05, 0) is 37.1 Å². The Balaban J connectivity index is 3.68. The maximum Gasteiger partial charge on any atom is 0.00900 e. The molecule has 0 aromatic carbocycles. The maximum absolute atomic E-state index is 3.67. The average molecular weight is 227 g/mol. The summed E-state index contributed by atoms with van der Waals surface area (Å²) in [5.41, 5.74) is 0.504. The highest BCUT2D eigenvalue weighted by molar-refractivity contribution is 4.71. The molecule has 0 saturated heterocycles. The molecule has 0 aliphatic carbocycles. The van der Waals surface area contributed by atoms with Crippen molar-refractivity contribution < 1.29 is 0 Å². The summed E-state index contributed by atoms with van der Waals surface area (Å²) >= 11 is 0. The number of hydrogen-bond donors (Lipinski definition) is 1. The summed E-state index contributed by atoms with van der Waals surface area (Å²) in [6.45, 7) is 15.1. The van der Waals surface area contributed by atoms with Gasteiger partial charge in [0.2, 0.25) is 0 Å². The predicted octanol–water partition coefficient (Wildman–Crippen LogP) is 4.62. The van der Waals surface area contributed by atoms with Crippen LogP contribution < -0.4 is 5.32 Å². The van der Waals surface area contributed by atoms with Crippen LogP contribution in [-0.2, 0) is 0 Å². The highest BCUT2D eigenvalue weighted by Crippen LogP contribution is 2.23. The van der Waals surface area contributed by atoms with Gasteiger partial charge in [-0.2, -0.15) is 0 Å². The third-order valence-electron chi connectivity index (χ3n) is 3.15.